The Balaban J connectivity index is 1.48. The molecule has 0 spiro atoms. The van der Waals surface area contributed by atoms with Crippen LogP contribution in [0, 0.1) is 0 Å². The van der Waals surface area contributed by atoms with Gasteiger partial charge in [-0.1, -0.05) is 94.1 Å². The zero-order valence-corrected chi connectivity index (χ0v) is 40.9. The van der Waals surface area contributed by atoms with Gasteiger partial charge in [0.2, 0.25) is 0 Å². The first kappa shape index (κ1) is 53.9. The van der Waals surface area contributed by atoms with Gasteiger partial charge >= 0.3 is 20.9 Å². The molecule has 6 rings (SSSR count). The lowest BCUT2D eigenvalue weighted by Crippen LogP contribution is -2.66. The number of rotatable bonds is 27. The van der Waals surface area contributed by atoms with Crippen LogP contribution in [-0.4, -0.2) is 57.3 Å². The maximum Gasteiger partial charge on any atom is 0.491 e. The van der Waals surface area contributed by atoms with Gasteiger partial charge in [0.1, 0.15) is 34.5 Å². The quantitative estimate of drug-likeness (QED) is 0.0262. The summed E-state index contributed by atoms with van der Waals surface area (Å²) >= 11 is 0. The van der Waals surface area contributed by atoms with Crippen molar-refractivity contribution in [3.8, 4) is 34.5 Å². The number of benzene rings is 6. The van der Waals surface area contributed by atoms with E-state index in [1.807, 2.05) is 93.6 Å². The Morgan fingerprint density at radius 1 is 0.443 bits per heavy atom. The zero-order valence-electron chi connectivity index (χ0n) is 40.9. The Kier molecular flexibility index (Phi) is 19.7. The molecular weight excluding hydrogens is 883 g/mol. The van der Waals surface area contributed by atoms with Crippen molar-refractivity contribution >= 4 is 37.3 Å². The molecule has 0 fully saturated rings. The predicted molar refractivity (Wildman–Crippen MR) is 279 cm³/mol. The van der Waals surface area contributed by atoms with Crippen LogP contribution >= 0.6 is 0 Å². The largest absolute Gasteiger partial charge is 0.491 e. The van der Waals surface area contributed by atoms with E-state index < -0.39 is 38.6 Å². The fourth-order valence-corrected chi connectivity index (χ4v) is 8.56. The number of hydrogen-bond donors (Lipinski definition) is 8. The van der Waals surface area contributed by atoms with Crippen LogP contribution in [0.15, 0.2) is 127 Å². The Labute approximate surface area is 413 Å². The zero-order chi connectivity index (χ0) is 50.3. The molecule has 6 aromatic carbocycles. The number of aliphatic hydroxyl groups is 3. The van der Waals surface area contributed by atoms with Gasteiger partial charge in [-0.2, -0.15) is 0 Å². The van der Waals surface area contributed by atoms with Gasteiger partial charge in [-0.05, 0) is 149 Å². The summed E-state index contributed by atoms with van der Waals surface area (Å²) in [5.41, 5.74) is 20.1. The molecule has 13 nitrogen and oxygen atoms in total. The second-order valence-electron chi connectivity index (χ2n) is 18.1. The second-order valence-corrected chi connectivity index (χ2v) is 18.1. The van der Waals surface area contributed by atoms with Crippen LogP contribution in [0.4, 0.5) is 0 Å². The predicted octanol–water partition coefficient (Wildman–Crippen LogP) is 6.40. The summed E-state index contributed by atoms with van der Waals surface area (Å²) < 4.78 is 33.3. The Morgan fingerprint density at radius 2 is 0.786 bits per heavy atom. The van der Waals surface area contributed by atoms with Gasteiger partial charge in [0.15, 0.2) is 0 Å². The minimum atomic E-state index is -1.63. The fourth-order valence-electron chi connectivity index (χ4n) is 8.56. The Bertz CT molecular complexity index is 2570. The molecule has 2 unspecified atom stereocenters. The van der Waals surface area contributed by atoms with Gasteiger partial charge < -0.3 is 66.1 Å². The van der Waals surface area contributed by atoms with E-state index in [1.54, 1.807) is 54.6 Å². The van der Waals surface area contributed by atoms with Crippen molar-refractivity contribution in [2.75, 3.05) is 0 Å². The van der Waals surface area contributed by atoms with Crippen molar-refractivity contribution in [2.45, 2.75) is 117 Å². The van der Waals surface area contributed by atoms with Gasteiger partial charge in [-0.3, -0.25) is 0 Å². The summed E-state index contributed by atoms with van der Waals surface area (Å²) in [6.45, 7) is 5.32. The standard InChI is InChI=1S/C54H68B3N3O10/c1-5-7-27-53(3,55(64)50-29-47(24-15-41(50)35-61)66-44-18-9-38(32-58)10-19-44)69-56(51-30-48(25-16-42(51)36-62)67-45-20-11-39(33-59)12-21-45)54(4,28-8-6-2)70-57(65)52-31-49(26-17-43(52)37-63)68-46-22-13-40(34-60)14-23-46/h9-26,29-31,61-65H,5-8,27-28,32-37,58-60H2,1-4H3. The van der Waals surface area contributed by atoms with E-state index in [0.29, 0.717) is 107 Å². The van der Waals surface area contributed by atoms with E-state index >= 15 is 0 Å². The van der Waals surface area contributed by atoms with E-state index in [1.165, 1.54) is 0 Å². The van der Waals surface area contributed by atoms with Gasteiger partial charge in [0.05, 0.1) is 30.8 Å². The van der Waals surface area contributed by atoms with Gasteiger partial charge in [0, 0.05) is 19.6 Å². The number of aliphatic hydroxyl groups excluding tert-OH is 3. The topological polar surface area (TPSA) is 225 Å². The van der Waals surface area contributed by atoms with E-state index in [9.17, 15) is 25.4 Å². The highest BCUT2D eigenvalue weighted by Crippen LogP contribution is 2.34. The molecule has 6 aromatic rings. The number of nitrogens with two attached hydrogens (primary N) is 3. The molecule has 0 radical (unpaired) electrons. The minimum Gasteiger partial charge on any atom is -0.457 e. The summed E-state index contributed by atoms with van der Waals surface area (Å²) in [5, 5.41) is 57.7. The first-order valence-electron chi connectivity index (χ1n) is 24.2. The molecule has 70 heavy (non-hydrogen) atoms. The number of ether oxygens (including phenoxy) is 3. The number of hydrogen-bond acceptors (Lipinski definition) is 13. The van der Waals surface area contributed by atoms with Crippen molar-refractivity contribution in [1.29, 1.82) is 0 Å². The molecule has 0 aromatic heterocycles. The second kappa shape index (κ2) is 25.6. The summed E-state index contributed by atoms with van der Waals surface area (Å²) in [7, 11) is -1.63. The van der Waals surface area contributed by atoms with E-state index in [4.69, 9.17) is 40.7 Å². The van der Waals surface area contributed by atoms with Crippen LogP contribution in [0.3, 0.4) is 0 Å². The van der Waals surface area contributed by atoms with Crippen molar-refractivity contribution in [1.82, 2.24) is 0 Å². The molecule has 368 valence electrons. The van der Waals surface area contributed by atoms with Gasteiger partial charge in [-0.15, -0.1) is 0 Å². The molecule has 0 amide bonds. The highest BCUT2D eigenvalue weighted by atomic mass is 16.6. The normalized spacial score (nSPS) is 13.0. The van der Waals surface area contributed by atoms with E-state index in [2.05, 4.69) is 6.92 Å². The Hall–Kier alpha value is -5.49. The third kappa shape index (κ3) is 13.7. The third-order valence-electron chi connectivity index (χ3n) is 12.8. The van der Waals surface area contributed by atoms with E-state index in [0.717, 1.165) is 29.5 Å². The maximum absolute atomic E-state index is 12.9. The van der Waals surface area contributed by atoms with E-state index in [-0.39, 0.29) is 18.7 Å². The lowest BCUT2D eigenvalue weighted by Gasteiger charge is -2.44. The molecule has 0 saturated carbocycles. The SMILES string of the molecule is CCCCC(C)(OB(c1cc(Oc2ccc(CN)cc2)ccc1CO)C(C)(CCCC)OB(O)c1cc(Oc2ccc(CN)cc2)ccc1CO)B(O)c1cc(Oc2ccc(CN)cc2)ccc1CO. The van der Waals surface area contributed by atoms with Crippen LogP contribution in [0.25, 0.3) is 0 Å². The molecule has 11 N–H and O–H groups in total. The monoisotopic (exact) mass is 952 g/mol. The average molecular weight is 952 g/mol. The number of unbranched alkanes of at least 4 members (excludes halogenated alkanes) is 2. The van der Waals surface area contributed by atoms with Crippen molar-refractivity contribution in [3.05, 3.63) is 161 Å². The fraction of sp³-hybridized carbons (Fsp3) is 0.333. The summed E-state index contributed by atoms with van der Waals surface area (Å²) in [6, 6.07) is 37.7. The van der Waals surface area contributed by atoms with Gasteiger partial charge in [-0.25, -0.2) is 0 Å². The third-order valence-corrected chi connectivity index (χ3v) is 12.8. The summed E-state index contributed by atoms with van der Waals surface area (Å²) in [4.78, 5) is 0. The molecule has 0 bridgehead atoms. The highest BCUT2D eigenvalue weighted by molar-refractivity contribution is 6.75. The lowest BCUT2D eigenvalue weighted by molar-refractivity contribution is 0.0743. The van der Waals surface area contributed by atoms with Crippen LogP contribution < -0.4 is 47.8 Å². The molecule has 0 heterocycles. The van der Waals surface area contributed by atoms with Crippen LogP contribution in [0.5, 0.6) is 34.5 Å². The molecule has 0 aliphatic rings. The molecule has 16 heteroatoms. The van der Waals surface area contributed by atoms with Gasteiger partial charge in [0.25, 0.3) is 0 Å². The Morgan fingerprint density at radius 3 is 1.17 bits per heavy atom. The molecule has 2 atom stereocenters. The van der Waals surface area contributed by atoms with Crippen LogP contribution in [0.1, 0.15) is 99.6 Å². The molecule has 0 aliphatic carbocycles. The maximum atomic E-state index is 12.9. The first-order chi connectivity index (χ1) is 33.8. The first-order valence-corrected chi connectivity index (χ1v) is 24.2. The summed E-state index contributed by atoms with van der Waals surface area (Å²) in [5.74, 6) is 2.96. The van der Waals surface area contributed by atoms with Crippen molar-refractivity contribution in [2.24, 2.45) is 17.2 Å². The molecule has 0 aliphatic heterocycles. The van der Waals surface area contributed by atoms with Crippen LogP contribution in [0.2, 0.25) is 0 Å². The molecular formula is C54H68B3N3O10. The molecule has 0 saturated heterocycles. The minimum absolute atomic E-state index is 0.274. The lowest BCUT2D eigenvalue weighted by atomic mass is 9.41. The smallest absolute Gasteiger partial charge is 0.457 e. The van der Waals surface area contributed by atoms with Crippen molar-refractivity contribution in [3.63, 3.8) is 0 Å². The van der Waals surface area contributed by atoms with Crippen LogP contribution in [-0.2, 0) is 48.8 Å². The highest BCUT2D eigenvalue weighted by Gasteiger charge is 2.51. The van der Waals surface area contributed by atoms with Crippen molar-refractivity contribution < 1.29 is 48.9 Å². The summed E-state index contributed by atoms with van der Waals surface area (Å²) in [6.07, 6.45) is 3.48. The average Bonchev–Trinajstić information content (AvgIpc) is 3.39.